The maximum absolute atomic E-state index is 10.1. The number of hydrogen-bond acceptors (Lipinski definition) is 2. The zero-order chi connectivity index (χ0) is 13.0. The highest BCUT2D eigenvalue weighted by Gasteiger charge is 2.21. The Hall–Kier alpha value is -1.35. The Kier molecular flexibility index (Phi) is 4.37. The molecule has 0 spiro atoms. The van der Waals surface area contributed by atoms with Gasteiger partial charge in [-0.05, 0) is 23.3 Å². The standard InChI is InChI=1S/C15H16ClNO/c16-13-8-6-12(7-9-13)15(14(18)10-17)11-4-2-1-3-5-11/h1-9,14-15,18H,10,17H2. The molecule has 2 aromatic carbocycles. The van der Waals surface area contributed by atoms with Crippen LogP contribution in [0.15, 0.2) is 54.6 Å². The van der Waals surface area contributed by atoms with E-state index in [2.05, 4.69) is 0 Å². The molecule has 18 heavy (non-hydrogen) atoms. The Balaban J connectivity index is 2.40. The second-order valence-electron chi connectivity index (χ2n) is 4.24. The van der Waals surface area contributed by atoms with Crippen molar-refractivity contribution in [3.8, 4) is 0 Å². The van der Waals surface area contributed by atoms with Gasteiger partial charge in [0.05, 0.1) is 6.10 Å². The van der Waals surface area contributed by atoms with E-state index < -0.39 is 6.10 Å². The summed E-state index contributed by atoms with van der Waals surface area (Å²) in [5.74, 6) is -0.117. The molecule has 3 N–H and O–H groups in total. The molecule has 0 fully saturated rings. The van der Waals surface area contributed by atoms with E-state index in [1.54, 1.807) is 0 Å². The van der Waals surface area contributed by atoms with Crippen LogP contribution >= 0.6 is 11.6 Å². The molecule has 0 aliphatic carbocycles. The minimum absolute atomic E-state index is 0.117. The fraction of sp³-hybridized carbons (Fsp3) is 0.200. The first kappa shape index (κ1) is 13.1. The molecule has 3 heteroatoms. The number of nitrogens with two attached hydrogens (primary N) is 1. The molecule has 0 bridgehead atoms. The number of aliphatic hydroxyl groups is 1. The highest BCUT2D eigenvalue weighted by Crippen LogP contribution is 2.28. The van der Waals surface area contributed by atoms with E-state index in [4.69, 9.17) is 17.3 Å². The van der Waals surface area contributed by atoms with Gasteiger partial charge in [-0.3, -0.25) is 0 Å². The van der Waals surface area contributed by atoms with Crippen LogP contribution in [0.5, 0.6) is 0 Å². The van der Waals surface area contributed by atoms with Gasteiger partial charge in [-0.1, -0.05) is 54.1 Å². The lowest BCUT2D eigenvalue weighted by Crippen LogP contribution is -2.28. The molecule has 2 atom stereocenters. The topological polar surface area (TPSA) is 46.2 Å². The first-order valence-corrected chi connectivity index (χ1v) is 6.28. The van der Waals surface area contributed by atoms with E-state index in [0.29, 0.717) is 5.02 Å². The summed E-state index contributed by atoms with van der Waals surface area (Å²) in [6, 6.07) is 17.4. The van der Waals surface area contributed by atoms with Crippen molar-refractivity contribution in [3.05, 3.63) is 70.7 Å². The van der Waals surface area contributed by atoms with Crippen LogP contribution in [-0.2, 0) is 0 Å². The lowest BCUT2D eigenvalue weighted by atomic mass is 9.86. The minimum atomic E-state index is -0.603. The summed E-state index contributed by atoms with van der Waals surface area (Å²) >= 11 is 5.89. The minimum Gasteiger partial charge on any atom is -0.391 e. The summed E-state index contributed by atoms with van der Waals surface area (Å²) in [5.41, 5.74) is 7.67. The molecule has 2 aromatic rings. The molecular formula is C15H16ClNO. The van der Waals surface area contributed by atoms with E-state index in [1.807, 2.05) is 54.6 Å². The van der Waals surface area contributed by atoms with Crippen LogP contribution in [0.3, 0.4) is 0 Å². The van der Waals surface area contributed by atoms with Crippen LogP contribution < -0.4 is 5.73 Å². The Bertz CT molecular complexity index is 484. The van der Waals surface area contributed by atoms with Gasteiger partial charge in [0.2, 0.25) is 0 Å². The van der Waals surface area contributed by atoms with Crippen molar-refractivity contribution in [2.45, 2.75) is 12.0 Å². The smallest absolute Gasteiger partial charge is 0.0771 e. The first-order valence-electron chi connectivity index (χ1n) is 5.91. The first-order chi connectivity index (χ1) is 8.72. The number of hydrogen-bond donors (Lipinski definition) is 2. The lowest BCUT2D eigenvalue weighted by Gasteiger charge is -2.23. The molecule has 2 rings (SSSR count). The number of rotatable bonds is 4. The summed E-state index contributed by atoms with van der Waals surface area (Å²) in [4.78, 5) is 0. The van der Waals surface area contributed by atoms with Crippen molar-refractivity contribution >= 4 is 11.6 Å². The Labute approximate surface area is 112 Å². The van der Waals surface area contributed by atoms with Gasteiger partial charge in [0.15, 0.2) is 0 Å². The van der Waals surface area contributed by atoms with Crippen LogP contribution in [0.25, 0.3) is 0 Å². The zero-order valence-corrected chi connectivity index (χ0v) is 10.7. The number of aliphatic hydroxyl groups excluding tert-OH is 1. The summed E-state index contributed by atoms with van der Waals surface area (Å²) in [7, 11) is 0. The largest absolute Gasteiger partial charge is 0.391 e. The van der Waals surface area contributed by atoms with Crippen LogP contribution in [0.2, 0.25) is 5.02 Å². The zero-order valence-electron chi connectivity index (χ0n) is 9.96. The van der Waals surface area contributed by atoms with Gasteiger partial charge >= 0.3 is 0 Å². The lowest BCUT2D eigenvalue weighted by molar-refractivity contribution is 0.164. The Morgan fingerprint density at radius 1 is 0.944 bits per heavy atom. The Morgan fingerprint density at radius 3 is 2.06 bits per heavy atom. The molecule has 94 valence electrons. The van der Waals surface area contributed by atoms with Crippen molar-refractivity contribution in [2.24, 2.45) is 5.73 Å². The van der Waals surface area contributed by atoms with E-state index >= 15 is 0 Å². The molecule has 0 aliphatic rings. The third-order valence-corrected chi connectivity index (χ3v) is 3.27. The van der Waals surface area contributed by atoms with Gasteiger partial charge in [0.25, 0.3) is 0 Å². The van der Waals surface area contributed by atoms with Crippen LogP contribution in [-0.4, -0.2) is 17.8 Å². The SMILES string of the molecule is NCC(O)C(c1ccccc1)c1ccc(Cl)cc1. The fourth-order valence-corrected chi connectivity index (χ4v) is 2.23. The van der Waals surface area contributed by atoms with Crippen LogP contribution in [0.1, 0.15) is 17.0 Å². The van der Waals surface area contributed by atoms with E-state index in [-0.39, 0.29) is 12.5 Å². The molecule has 0 aromatic heterocycles. The van der Waals surface area contributed by atoms with Crippen molar-refractivity contribution in [2.75, 3.05) is 6.54 Å². The van der Waals surface area contributed by atoms with Gasteiger partial charge in [-0.2, -0.15) is 0 Å². The summed E-state index contributed by atoms with van der Waals surface area (Å²) in [6.45, 7) is 0.224. The van der Waals surface area contributed by atoms with Crippen molar-refractivity contribution in [1.29, 1.82) is 0 Å². The van der Waals surface area contributed by atoms with Gasteiger partial charge in [0, 0.05) is 17.5 Å². The molecule has 0 amide bonds. The van der Waals surface area contributed by atoms with Crippen molar-refractivity contribution in [3.63, 3.8) is 0 Å². The monoisotopic (exact) mass is 261 g/mol. The highest BCUT2D eigenvalue weighted by atomic mass is 35.5. The normalized spacial score (nSPS) is 14.2. The second kappa shape index (κ2) is 6.01. The third kappa shape index (κ3) is 2.91. The summed E-state index contributed by atoms with van der Waals surface area (Å²) in [6.07, 6.45) is -0.603. The van der Waals surface area contributed by atoms with Crippen LogP contribution in [0, 0.1) is 0 Å². The second-order valence-corrected chi connectivity index (χ2v) is 4.68. The molecule has 0 aliphatic heterocycles. The molecule has 0 radical (unpaired) electrons. The Morgan fingerprint density at radius 2 is 1.50 bits per heavy atom. The molecule has 2 nitrogen and oxygen atoms in total. The summed E-state index contributed by atoms with van der Waals surface area (Å²) in [5, 5.41) is 10.8. The maximum Gasteiger partial charge on any atom is 0.0771 e. The average Bonchev–Trinajstić information content (AvgIpc) is 2.42. The third-order valence-electron chi connectivity index (χ3n) is 3.01. The van der Waals surface area contributed by atoms with Crippen LogP contribution in [0.4, 0.5) is 0 Å². The number of halogens is 1. The predicted molar refractivity (Wildman–Crippen MR) is 74.8 cm³/mol. The van der Waals surface area contributed by atoms with Gasteiger partial charge in [-0.15, -0.1) is 0 Å². The van der Waals surface area contributed by atoms with Gasteiger partial charge in [0.1, 0.15) is 0 Å². The predicted octanol–water partition coefficient (Wildman–Crippen LogP) is 2.79. The highest BCUT2D eigenvalue weighted by molar-refractivity contribution is 6.30. The van der Waals surface area contributed by atoms with E-state index in [9.17, 15) is 5.11 Å². The molecule has 0 saturated carbocycles. The molecule has 2 unspecified atom stereocenters. The van der Waals surface area contributed by atoms with Gasteiger partial charge < -0.3 is 10.8 Å². The van der Waals surface area contributed by atoms with E-state index in [1.165, 1.54) is 0 Å². The summed E-state index contributed by atoms with van der Waals surface area (Å²) < 4.78 is 0. The quantitative estimate of drug-likeness (QED) is 0.889. The average molecular weight is 262 g/mol. The van der Waals surface area contributed by atoms with Crippen molar-refractivity contribution < 1.29 is 5.11 Å². The van der Waals surface area contributed by atoms with E-state index in [0.717, 1.165) is 11.1 Å². The molecular weight excluding hydrogens is 246 g/mol. The molecule has 0 saturated heterocycles. The maximum atomic E-state index is 10.1. The fourth-order valence-electron chi connectivity index (χ4n) is 2.10. The van der Waals surface area contributed by atoms with Gasteiger partial charge in [-0.25, -0.2) is 0 Å². The number of benzene rings is 2. The van der Waals surface area contributed by atoms with Crippen molar-refractivity contribution in [1.82, 2.24) is 0 Å². The molecule has 0 heterocycles.